The normalized spacial score (nSPS) is 11.2. The van der Waals surface area contributed by atoms with E-state index in [2.05, 4.69) is 31.3 Å². The molecular formula is C14H21NO2. The van der Waals surface area contributed by atoms with E-state index in [1.807, 2.05) is 25.1 Å². The summed E-state index contributed by atoms with van der Waals surface area (Å²) < 4.78 is 4.86. The van der Waals surface area contributed by atoms with Crippen LogP contribution in [0.1, 0.15) is 26.3 Å². The summed E-state index contributed by atoms with van der Waals surface area (Å²) in [6.45, 7) is 7.56. The topological polar surface area (TPSA) is 38.3 Å². The van der Waals surface area contributed by atoms with Gasteiger partial charge in [0, 0.05) is 12.0 Å². The van der Waals surface area contributed by atoms with Crippen LogP contribution in [0.25, 0.3) is 0 Å². The molecule has 0 saturated heterocycles. The highest BCUT2D eigenvalue weighted by molar-refractivity contribution is 5.71. The second kappa shape index (κ2) is 6.40. The van der Waals surface area contributed by atoms with E-state index in [4.69, 9.17) is 4.74 Å². The van der Waals surface area contributed by atoms with Crippen molar-refractivity contribution in [2.45, 2.75) is 26.2 Å². The molecule has 0 aliphatic rings. The fourth-order valence-corrected chi connectivity index (χ4v) is 1.68. The van der Waals surface area contributed by atoms with Gasteiger partial charge in [-0.1, -0.05) is 44.2 Å². The van der Waals surface area contributed by atoms with Crippen LogP contribution in [0.3, 0.4) is 0 Å². The minimum atomic E-state index is -0.198. The van der Waals surface area contributed by atoms with Gasteiger partial charge in [-0.15, -0.1) is 0 Å². The molecule has 0 aromatic heterocycles. The predicted molar refractivity (Wildman–Crippen MR) is 69.0 cm³/mol. The van der Waals surface area contributed by atoms with Crippen molar-refractivity contribution in [3.8, 4) is 0 Å². The predicted octanol–water partition coefficient (Wildman–Crippen LogP) is 2.12. The molecule has 0 unspecified atom stereocenters. The van der Waals surface area contributed by atoms with Gasteiger partial charge in [0.25, 0.3) is 0 Å². The maximum absolute atomic E-state index is 11.2. The van der Waals surface area contributed by atoms with Crippen molar-refractivity contribution < 1.29 is 9.53 Å². The third-order valence-electron chi connectivity index (χ3n) is 2.70. The van der Waals surface area contributed by atoms with Crippen LogP contribution in [0.15, 0.2) is 30.3 Å². The first-order chi connectivity index (χ1) is 8.06. The van der Waals surface area contributed by atoms with Crippen molar-refractivity contribution >= 4 is 5.97 Å². The van der Waals surface area contributed by atoms with Crippen LogP contribution < -0.4 is 5.32 Å². The average Bonchev–Trinajstić information content (AvgIpc) is 2.30. The van der Waals surface area contributed by atoms with Crippen molar-refractivity contribution in [1.82, 2.24) is 5.32 Å². The van der Waals surface area contributed by atoms with Crippen molar-refractivity contribution in [2.75, 3.05) is 19.7 Å². The summed E-state index contributed by atoms with van der Waals surface area (Å²) in [6.07, 6.45) is 0. The number of benzene rings is 1. The Morgan fingerprint density at radius 3 is 2.53 bits per heavy atom. The van der Waals surface area contributed by atoms with Crippen molar-refractivity contribution in [3.05, 3.63) is 35.9 Å². The molecule has 0 radical (unpaired) electrons. The maximum atomic E-state index is 11.2. The van der Waals surface area contributed by atoms with Crippen molar-refractivity contribution in [3.63, 3.8) is 0 Å². The van der Waals surface area contributed by atoms with Gasteiger partial charge in [0.05, 0.1) is 13.2 Å². The maximum Gasteiger partial charge on any atom is 0.319 e. The summed E-state index contributed by atoms with van der Waals surface area (Å²) in [5.74, 6) is -0.198. The van der Waals surface area contributed by atoms with E-state index in [0.29, 0.717) is 6.61 Å². The van der Waals surface area contributed by atoms with E-state index >= 15 is 0 Å². The van der Waals surface area contributed by atoms with Gasteiger partial charge >= 0.3 is 5.97 Å². The Balaban J connectivity index is 2.43. The zero-order chi connectivity index (χ0) is 12.7. The highest BCUT2D eigenvalue weighted by atomic mass is 16.5. The lowest BCUT2D eigenvalue weighted by Gasteiger charge is -2.25. The van der Waals surface area contributed by atoms with Crippen LogP contribution in [0.5, 0.6) is 0 Å². The largest absolute Gasteiger partial charge is 0.465 e. The van der Waals surface area contributed by atoms with E-state index in [1.54, 1.807) is 0 Å². The first-order valence-corrected chi connectivity index (χ1v) is 5.98. The number of rotatable bonds is 6. The second-order valence-electron chi connectivity index (χ2n) is 4.66. The molecule has 1 aromatic rings. The van der Waals surface area contributed by atoms with Gasteiger partial charge in [0.2, 0.25) is 0 Å². The monoisotopic (exact) mass is 235 g/mol. The Labute approximate surface area is 103 Å². The Morgan fingerprint density at radius 2 is 1.94 bits per heavy atom. The van der Waals surface area contributed by atoms with Gasteiger partial charge in [-0.25, -0.2) is 0 Å². The van der Waals surface area contributed by atoms with Gasteiger partial charge in [-0.05, 0) is 12.5 Å². The molecule has 0 aliphatic carbocycles. The highest BCUT2D eigenvalue weighted by Crippen LogP contribution is 2.21. The zero-order valence-corrected chi connectivity index (χ0v) is 10.8. The van der Waals surface area contributed by atoms with E-state index in [-0.39, 0.29) is 17.9 Å². The summed E-state index contributed by atoms with van der Waals surface area (Å²) in [5, 5.41) is 3.13. The second-order valence-corrected chi connectivity index (χ2v) is 4.66. The number of hydrogen-bond acceptors (Lipinski definition) is 3. The molecule has 0 aliphatic heterocycles. The van der Waals surface area contributed by atoms with Crippen molar-refractivity contribution in [2.24, 2.45) is 0 Å². The first kappa shape index (κ1) is 13.7. The molecule has 3 nitrogen and oxygen atoms in total. The summed E-state index contributed by atoms with van der Waals surface area (Å²) in [6, 6.07) is 10.3. The lowest BCUT2D eigenvalue weighted by atomic mass is 9.85. The van der Waals surface area contributed by atoms with E-state index in [9.17, 15) is 4.79 Å². The van der Waals surface area contributed by atoms with Gasteiger partial charge in [0.15, 0.2) is 0 Å². The number of carbonyl (C=O) groups is 1. The first-order valence-electron chi connectivity index (χ1n) is 5.98. The number of hydrogen-bond donors (Lipinski definition) is 1. The molecule has 0 saturated carbocycles. The zero-order valence-electron chi connectivity index (χ0n) is 10.8. The van der Waals surface area contributed by atoms with Crippen molar-refractivity contribution in [1.29, 1.82) is 0 Å². The van der Waals surface area contributed by atoms with Gasteiger partial charge in [-0.2, -0.15) is 0 Å². The fourth-order valence-electron chi connectivity index (χ4n) is 1.68. The van der Waals surface area contributed by atoms with Crippen LogP contribution in [0.2, 0.25) is 0 Å². The summed E-state index contributed by atoms with van der Waals surface area (Å²) in [7, 11) is 0. The summed E-state index contributed by atoms with van der Waals surface area (Å²) in [4.78, 5) is 11.2. The lowest BCUT2D eigenvalue weighted by molar-refractivity contribution is -0.142. The fraction of sp³-hybridized carbons (Fsp3) is 0.500. The number of esters is 1. The van der Waals surface area contributed by atoms with E-state index in [1.165, 1.54) is 5.56 Å². The number of ether oxygens (including phenoxy) is 1. The van der Waals surface area contributed by atoms with Crippen LogP contribution >= 0.6 is 0 Å². The van der Waals surface area contributed by atoms with Gasteiger partial charge in [-0.3, -0.25) is 4.79 Å². The lowest BCUT2D eigenvalue weighted by Crippen LogP contribution is -2.36. The molecule has 0 bridgehead atoms. The van der Waals surface area contributed by atoms with Gasteiger partial charge < -0.3 is 10.1 Å². The molecule has 3 heteroatoms. The third-order valence-corrected chi connectivity index (χ3v) is 2.70. The molecular weight excluding hydrogens is 214 g/mol. The molecule has 0 amide bonds. The minimum Gasteiger partial charge on any atom is -0.465 e. The molecule has 94 valence electrons. The van der Waals surface area contributed by atoms with Crippen LogP contribution in [0.4, 0.5) is 0 Å². The number of carbonyl (C=O) groups excluding carboxylic acids is 1. The summed E-state index contributed by atoms with van der Waals surface area (Å²) >= 11 is 0. The average molecular weight is 235 g/mol. The molecule has 1 aromatic carbocycles. The molecule has 0 spiro atoms. The number of nitrogens with one attached hydrogen (secondary N) is 1. The SMILES string of the molecule is CCOC(=O)CNCC(C)(C)c1ccccc1. The highest BCUT2D eigenvalue weighted by Gasteiger charge is 2.19. The summed E-state index contributed by atoms with van der Waals surface area (Å²) in [5.41, 5.74) is 1.27. The molecule has 0 atom stereocenters. The standard InChI is InChI=1S/C14H21NO2/c1-4-17-13(16)10-15-11-14(2,3)12-8-6-5-7-9-12/h5-9,15H,4,10-11H2,1-3H3. The van der Waals surface area contributed by atoms with Crippen LogP contribution in [-0.2, 0) is 14.9 Å². The molecule has 0 fully saturated rings. The van der Waals surface area contributed by atoms with Gasteiger partial charge in [0.1, 0.15) is 0 Å². The van der Waals surface area contributed by atoms with E-state index < -0.39 is 0 Å². The van der Waals surface area contributed by atoms with Crippen LogP contribution in [-0.4, -0.2) is 25.7 Å². The Morgan fingerprint density at radius 1 is 1.29 bits per heavy atom. The molecule has 1 rings (SSSR count). The minimum absolute atomic E-state index is 0.00769. The Kier molecular flexibility index (Phi) is 5.16. The van der Waals surface area contributed by atoms with Crippen LogP contribution in [0, 0.1) is 0 Å². The smallest absolute Gasteiger partial charge is 0.319 e. The quantitative estimate of drug-likeness (QED) is 0.768. The van der Waals surface area contributed by atoms with E-state index in [0.717, 1.165) is 6.54 Å². The Bertz CT molecular complexity index is 346. The third kappa shape index (κ3) is 4.57. The molecule has 0 heterocycles. The molecule has 1 N–H and O–H groups in total. The Hall–Kier alpha value is -1.35. The molecule has 17 heavy (non-hydrogen) atoms.